The van der Waals surface area contributed by atoms with Gasteiger partial charge in [-0.25, -0.2) is 14.8 Å². The van der Waals surface area contributed by atoms with Gasteiger partial charge >= 0.3 is 6.09 Å². The van der Waals surface area contributed by atoms with Gasteiger partial charge in [-0.1, -0.05) is 43.9 Å². The van der Waals surface area contributed by atoms with Crippen molar-refractivity contribution in [1.82, 2.24) is 19.9 Å². The largest absolute Gasteiger partial charge is 0.480 e. The summed E-state index contributed by atoms with van der Waals surface area (Å²) in [7, 11) is 0.330. The molecule has 1 N–H and O–H groups in total. The molecule has 9 nitrogen and oxygen atoms in total. The normalized spacial score (nSPS) is 12.8. The van der Waals surface area contributed by atoms with Crippen LogP contribution in [0.25, 0.3) is 22.2 Å². The summed E-state index contributed by atoms with van der Waals surface area (Å²) in [4.78, 5) is 22.4. The van der Waals surface area contributed by atoms with Crippen LogP contribution in [-0.4, -0.2) is 61.2 Å². The van der Waals surface area contributed by atoms with E-state index in [-0.39, 0.29) is 13.3 Å². The van der Waals surface area contributed by atoms with Crippen LogP contribution >= 0.6 is 0 Å². The van der Waals surface area contributed by atoms with Crippen molar-refractivity contribution in [3.8, 4) is 17.1 Å². The van der Waals surface area contributed by atoms with Crippen molar-refractivity contribution in [2.45, 2.75) is 64.8 Å². The molecule has 2 aromatic heterocycles. The van der Waals surface area contributed by atoms with Gasteiger partial charge in [0, 0.05) is 26.3 Å². The van der Waals surface area contributed by atoms with Crippen molar-refractivity contribution in [1.29, 1.82) is 0 Å². The van der Waals surface area contributed by atoms with Crippen molar-refractivity contribution in [3.05, 3.63) is 55.0 Å². The smallest absolute Gasteiger partial charge is 0.408 e. The summed E-state index contributed by atoms with van der Waals surface area (Å²) in [6.07, 6.45) is 3.00. The Morgan fingerprint density at radius 2 is 1.92 bits per heavy atom. The number of fused-ring (bicyclic) bond motifs is 1. The van der Waals surface area contributed by atoms with Gasteiger partial charge in [-0.05, 0) is 38.9 Å². The maximum Gasteiger partial charge on any atom is 0.408 e. The summed E-state index contributed by atoms with van der Waals surface area (Å²) in [6.45, 7) is 17.5. The van der Waals surface area contributed by atoms with Crippen molar-refractivity contribution in [2.24, 2.45) is 0 Å². The van der Waals surface area contributed by atoms with E-state index in [1.165, 1.54) is 0 Å². The lowest BCUT2D eigenvalue weighted by Crippen LogP contribution is -2.38. The monoisotopic (exact) mass is 554 g/mol. The Morgan fingerprint density at radius 1 is 1.18 bits per heavy atom. The first-order valence-corrected chi connectivity index (χ1v) is 16.9. The summed E-state index contributed by atoms with van der Waals surface area (Å²) in [5.74, 6) is 1.03. The number of methoxy groups -OCH3 is 1. The SMILES string of the molecule is C=CCOC[C@H](NC(=O)OC(C)(C)C)c1nc(-c2cc3ccccc3nc2OC)cn1COCC[Si](C)(C)C. The van der Waals surface area contributed by atoms with Crippen LogP contribution in [-0.2, 0) is 20.9 Å². The minimum absolute atomic E-state index is 0.170. The summed E-state index contributed by atoms with van der Waals surface area (Å²) in [6, 6.07) is 10.3. The lowest BCUT2D eigenvalue weighted by molar-refractivity contribution is 0.0432. The number of aromatic nitrogens is 3. The number of benzene rings is 1. The van der Waals surface area contributed by atoms with Crippen LogP contribution in [0.4, 0.5) is 4.79 Å². The molecule has 1 amide bonds. The third-order valence-electron chi connectivity index (χ3n) is 5.72. The zero-order valence-corrected chi connectivity index (χ0v) is 25.2. The Balaban J connectivity index is 2.02. The number of hydrogen-bond donors (Lipinski definition) is 1. The summed E-state index contributed by atoms with van der Waals surface area (Å²) >= 11 is 0. The van der Waals surface area contributed by atoms with Crippen LogP contribution in [0.15, 0.2) is 49.2 Å². The number of carbonyl (C=O) groups excluding carboxylic acids is 1. The minimum Gasteiger partial charge on any atom is -0.480 e. The summed E-state index contributed by atoms with van der Waals surface area (Å²) in [5.41, 5.74) is 1.56. The number of nitrogens with one attached hydrogen (secondary N) is 1. The highest BCUT2D eigenvalue weighted by Crippen LogP contribution is 2.32. The van der Waals surface area contributed by atoms with E-state index in [1.54, 1.807) is 13.2 Å². The fourth-order valence-electron chi connectivity index (χ4n) is 3.82. The molecule has 0 saturated heterocycles. The second-order valence-electron chi connectivity index (χ2n) is 11.6. The van der Waals surface area contributed by atoms with E-state index >= 15 is 0 Å². The molecule has 0 unspecified atom stereocenters. The summed E-state index contributed by atoms with van der Waals surface area (Å²) in [5, 5.41) is 3.89. The molecule has 1 aromatic carbocycles. The molecule has 0 saturated carbocycles. The first-order chi connectivity index (χ1) is 18.4. The molecule has 0 bridgehead atoms. The Kier molecular flexibility index (Phi) is 10.3. The third-order valence-corrected chi connectivity index (χ3v) is 7.42. The molecule has 2 heterocycles. The molecule has 1 atom stereocenters. The van der Waals surface area contributed by atoms with E-state index in [0.29, 0.717) is 30.6 Å². The predicted octanol–water partition coefficient (Wildman–Crippen LogP) is 6.19. The quantitative estimate of drug-likeness (QED) is 0.153. The molecule has 0 aliphatic heterocycles. The number of ether oxygens (including phenoxy) is 4. The highest BCUT2D eigenvalue weighted by molar-refractivity contribution is 6.76. The predicted molar refractivity (Wildman–Crippen MR) is 157 cm³/mol. The number of rotatable bonds is 13. The van der Waals surface area contributed by atoms with Gasteiger partial charge in [-0.3, -0.25) is 0 Å². The molecule has 0 fully saturated rings. The van der Waals surface area contributed by atoms with E-state index in [4.69, 9.17) is 23.9 Å². The molecular formula is C29H42N4O5Si. The molecule has 3 rings (SSSR count). The Labute approximate surface area is 232 Å². The fourth-order valence-corrected chi connectivity index (χ4v) is 4.58. The van der Waals surface area contributed by atoms with Crippen LogP contribution in [0.2, 0.25) is 25.7 Å². The van der Waals surface area contributed by atoms with Crippen LogP contribution < -0.4 is 10.1 Å². The molecule has 3 aromatic rings. The van der Waals surface area contributed by atoms with Crippen molar-refractivity contribution in [3.63, 3.8) is 0 Å². The van der Waals surface area contributed by atoms with Crippen LogP contribution in [0.1, 0.15) is 32.6 Å². The van der Waals surface area contributed by atoms with Gasteiger partial charge in [0.15, 0.2) is 0 Å². The highest BCUT2D eigenvalue weighted by atomic mass is 28.3. The number of alkyl carbamates (subject to hydrolysis) is 1. The molecule has 0 radical (unpaired) electrons. The zero-order valence-electron chi connectivity index (χ0n) is 24.2. The van der Waals surface area contributed by atoms with E-state index in [2.05, 4.69) is 36.5 Å². The highest BCUT2D eigenvalue weighted by Gasteiger charge is 2.26. The topological polar surface area (TPSA) is 96.7 Å². The average Bonchev–Trinajstić information content (AvgIpc) is 3.27. The summed E-state index contributed by atoms with van der Waals surface area (Å²) < 4.78 is 24.9. The Bertz CT molecular complexity index is 1260. The number of carbonyl (C=O) groups is 1. The van der Waals surface area contributed by atoms with Crippen molar-refractivity contribution < 1.29 is 23.7 Å². The number of hydrogen-bond acceptors (Lipinski definition) is 7. The maximum atomic E-state index is 12.8. The van der Waals surface area contributed by atoms with Gasteiger partial charge in [-0.2, -0.15) is 0 Å². The Hall–Kier alpha value is -3.21. The van der Waals surface area contributed by atoms with Gasteiger partial charge in [0.25, 0.3) is 0 Å². The van der Waals surface area contributed by atoms with Crippen LogP contribution in [0, 0.1) is 0 Å². The number of imidazole rings is 1. The van der Waals surface area contributed by atoms with Gasteiger partial charge in [0.05, 0.1) is 37.1 Å². The van der Waals surface area contributed by atoms with Gasteiger partial charge in [0.1, 0.15) is 24.2 Å². The molecule has 212 valence electrons. The van der Waals surface area contributed by atoms with E-state index < -0.39 is 25.8 Å². The second-order valence-corrected chi connectivity index (χ2v) is 17.2. The zero-order chi connectivity index (χ0) is 28.6. The van der Waals surface area contributed by atoms with E-state index in [1.807, 2.05) is 61.9 Å². The molecule has 10 heteroatoms. The molecular weight excluding hydrogens is 512 g/mol. The lowest BCUT2D eigenvalue weighted by Gasteiger charge is -2.24. The van der Waals surface area contributed by atoms with Crippen molar-refractivity contribution in [2.75, 3.05) is 26.9 Å². The standard InChI is InChI=1S/C29H42N4O5Si/c1-9-14-36-19-25(32-28(34)38-29(2,3)4)26-30-24(18-33(26)20-37-15-16-39(6,7)8)22-17-21-12-10-11-13-23(21)31-27(22)35-5/h9-13,17-18,25H,1,14-16,19-20H2,2-8H3,(H,32,34)/t25-/m0/s1. The van der Waals surface area contributed by atoms with Crippen LogP contribution in [0.3, 0.4) is 0 Å². The van der Waals surface area contributed by atoms with Gasteiger partial charge in [-0.15, -0.1) is 6.58 Å². The Morgan fingerprint density at radius 3 is 2.59 bits per heavy atom. The van der Waals surface area contributed by atoms with Crippen molar-refractivity contribution >= 4 is 25.1 Å². The number of para-hydroxylation sites is 1. The maximum absolute atomic E-state index is 12.8. The first-order valence-electron chi connectivity index (χ1n) is 13.2. The van der Waals surface area contributed by atoms with E-state index in [9.17, 15) is 4.79 Å². The third kappa shape index (κ3) is 9.19. The molecule has 0 spiro atoms. The van der Waals surface area contributed by atoms with Gasteiger partial charge < -0.3 is 28.8 Å². The lowest BCUT2D eigenvalue weighted by atomic mass is 10.1. The molecule has 0 aliphatic carbocycles. The first kappa shape index (κ1) is 30.3. The number of amides is 1. The molecule has 39 heavy (non-hydrogen) atoms. The second kappa shape index (κ2) is 13.2. The van der Waals surface area contributed by atoms with Crippen LogP contribution in [0.5, 0.6) is 5.88 Å². The minimum atomic E-state index is -1.26. The number of nitrogens with zero attached hydrogens (tertiary/aromatic N) is 3. The van der Waals surface area contributed by atoms with E-state index in [0.717, 1.165) is 22.5 Å². The number of pyridine rings is 1. The fraction of sp³-hybridized carbons (Fsp3) is 0.483. The molecule has 0 aliphatic rings. The van der Waals surface area contributed by atoms with Gasteiger partial charge in [0.2, 0.25) is 5.88 Å². The average molecular weight is 555 g/mol.